The maximum atomic E-state index is 5.44. The second-order valence-corrected chi connectivity index (χ2v) is 9.10. The minimum Gasteiger partial charge on any atom is -0.497 e. The first-order valence-corrected chi connectivity index (χ1v) is 11.6. The van der Waals surface area contributed by atoms with Gasteiger partial charge in [-0.25, -0.2) is 4.68 Å². The highest BCUT2D eigenvalue weighted by atomic mass is 16.5. The number of piperazine rings is 1. The fraction of sp³-hybridized carbons (Fsp3) is 0.545. The number of benzene rings is 1. The molecule has 1 saturated heterocycles. The first-order chi connectivity index (χ1) is 16.2. The largest absolute Gasteiger partial charge is 0.497 e. The van der Waals surface area contributed by atoms with Crippen LogP contribution in [0.1, 0.15) is 49.2 Å². The third-order valence-electron chi connectivity index (χ3n) is 7.14. The maximum Gasteiger partial charge on any atom is 0.185 e. The van der Waals surface area contributed by atoms with Gasteiger partial charge in [0.05, 0.1) is 18.7 Å². The van der Waals surface area contributed by atoms with Gasteiger partial charge in [-0.3, -0.25) is 4.90 Å². The molecule has 1 atom stereocenters. The van der Waals surface area contributed by atoms with Crippen LogP contribution in [0.4, 0.5) is 0 Å². The summed E-state index contributed by atoms with van der Waals surface area (Å²) in [6.07, 6.45) is 4.68. The number of nitrogens with zero attached hydrogens (tertiary/aromatic N) is 10. The Kier molecular flexibility index (Phi) is 5.14. The van der Waals surface area contributed by atoms with Gasteiger partial charge < -0.3 is 9.64 Å². The summed E-state index contributed by atoms with van der Waals surface area (Å²) in [7, 11) is 3.83. The summed E-state index contributed by atoms with van der Waals surface area (Å²) in [6.45, 7) is 3.83. The van der Waals surface area contributed by atoms with Crippen molar-refractivity contribution in [1.29, 1.82) is 0 Å². The minimum absolute atomic E-state index is 0.130. The average Bonchev–Trinajstić information content (AvgIpc) is 3.61. The Labute approximate surface area is 191 Å². The fourth-order valence-electron chi connectivity index (χ4n) is 5.29. The molecule has 1 aromatic carbocycles. The predicted molar refractivity (Wildman–Crippen MR) is 121 cm³/mol. The second-order valence-electron chi connectivity index (χ2n) is 9.10. The standard InChI is InChI=1S/C22H28N10O/c1-29-9-11-30(12-10-29)20(22-24-26-27-31(22)16-5-3-4-6-16)18-13-15-7-8-17(33-2)14-19(15)32-21(18)23-25-28-32/h7-8,13-14,16,20H,3-6,9-12H2,1-2H3. The summed E-state index contributed by atoms with van der Waals surface area (Å²) in [6, 6.07) is 8.40. The van der Waals surface area contributed by atoms with E-state index in [1.165, 1.54) is 12.8 Å². The fourth-order valence-corrected chi connectivity index (χ4v) is 5.29. The summed E-state index contributed by atoms with van der Waals surface area (Å²) < 4.78 is 9.31. The molecule has 0 amide bonds. The second kappa shape index (κ2) is 8.31. The highest BCUT2D eigenvalue weighted by Gasteiger charge is 2.34. The molecule has 172 valence electrons. The smallest absolute Gasteiger partial charge is 0.185 e. The topological polar surface area (TPSA) is 102 Å². The lowest BCUT2D eigenvalue weighted by atomic mass is 10.0. The third-order valence-corrected chi connectivity index (χ3v) is 7.14. The summed E-state index contributed by atoms with van der Waals surface area (Å²) >= 11 is 0. The van der Waals surface area contributed by atoms with E-state index in [0.29, 0.717) is 6.04 Å². The van der Waals surface area contributed by atoms with E-state index in [0.717, 1.165) is 72.7 Å². The molecule has 2 fully saturated rings. The number of aromatic nitrogens is 8. The molecular weight excluding hydrogens is 420 g/mol. The SMILES string of the molecule is COc1ccc2cc(C(c3nnnn3C3CCCC3)N3CCN(C)CC3)c3nnnn3c2c1. The number of ether oxygens (including phenoxy) is 1. The Hall–Kier alpha value is -3.18. The molecule has 0 spiro atoms. The molecule has 0 N–H and O–H groups in total. The molecule has 1 aliphatic heterocycles. The zero-order valence-corrected chi connectivity index (χ0v) is 19.0. The van der Waals surface area contributed by atoms with Crippen molar-refractivity contribution in [2.75, 3.05) is 40.3 Å². The lowest BCUT2D eigenvalue weighted by Crippen LogP contribution is -2.47. The van der Waals surface area contributed by atoms with Crippen LogP contribution in [0.15, 0.2) is 24.3 Å². The van der Waals surface area contributed by atoms with Gasteiger partial charge in [0.2, 0.25) is 0 Å². The number of fused-ring (bicyclic) bond motifs is 3. The van der Waals surface area contributed by atoms with Crippen LogP contribution < -0.4 is 4.74 Å². The van der Waals surface area contributed by atoms with Gasteiger partial charge >= 0.3 is 0 Å². The van der Waals surface area contributed by atoms with E-state index >= 15 is 0 Å². The summed E-state index contributed by atoms with van der Waals surface area (Å²) in [4.78, 5) is 4.82. The molecule has 11 nitrogen and oxygen atoms in total. The van der Waals surface area contributed by atoms with E-state index in [9.17, 15) is 0 Å². The molecule has 4 heterocycles. The first-order valence-electron chi connectivity index (χ1n) is 11.6. The van der Waals surface area contributed by atoms with Crippen molar-refractivity contribution in [1.82, 2.24) is 50.0 Å². The van der Waals surface area contributed by atoms with Crippen LogP contribution in [0, 0.1) is 0 Å². The van der Waals surface area contributed by atoms with Gasteiger partial charge in [-0.15, -0.1) is 10.2 Å². The number of likely N-dealkylation sites (N-methyl/N-ethyl adjacent to an activating group) is 1. The van der Waals surface area contributed by atoms with Gasteiger partial charge in [-0.2, -0.15) is 4.52 Å². The number of rotatable bonds is 5. The number of hydrogen-bond donors (Lipinski definition) is 0. The summed E-state index contributed by atoms with van der Waals surface area (Å²) in [5, 5.41) is 27.0. The van der Waals surface area contributed by atoms with Crippen molar-refractivity contribution >= 4 is 16.6 Å². The molecule has 0 bridgehead atoms. The number of tetrazole rings is 2. The quantitative estimate of drug-likeness (QED) is 0.451. The van der Waals surface area contributed by atoms with Crippen LogP contribution in [0.25, 0.3) is 16.6 Å². The van der Waals surface area contributed by atoms with E-state index in [1.807, 2.05) is 12.1 Å². The zero-order chi connectivity index (χ0) is 22.4. The van der Waals surface area contributed by atoms with Gasteiger partial charge in [-0.05, 0) is 58.9 Å². The Balaban J connectivity index is 1.54. The van der Waals surface area contributed by atoms with Crippen LogP contribution in [0.3, 0.4) is 0 Å². The van der Waals surface area contributed by atoms with E-state index < -0.39 is 0 Å². The van der Waals surface area contributed by atoms with E-state index in [-0.39, 0.29) is 6.04 Å². The van der Waals surface area contributed by atoms with Crippen LogP contribution in [-0.2, 0) is 0 Å². The van der Waals surface area contributed by atoms with Crippen molar-refractivity contribution < 1.29 is 4.74 Å². The van der Waals surface area contributed by atoms with Gasteiger partial charge in [-0.1, -0.05) is 12.8 Å². The van der Waals surface area contributed by atoms with Gasteiger partial charge in [0, 0.05) is 43.2 Å². The molecule has 6 rings (SSSR count). The van der Waals surface area contributed by atoms with Crippen molar-refractivity contribution in [2.24, 2.45) is 0 Å². The lowest BCUT2D eigenvalue weighted by molar-refractivity contribution is 0.121. The number of methoxy groups -OCH3 is 1. The van der Waals surface area contributed by atoms with Crippen LogP contribution in [0.5, 0.6) is 5.75 Å². The Bertz CT molecular complexity index is 1270. The summed E-state index contributed by atoms with van der Waals surface area (Å²) in [5.74, 6) is 1.65. The van der Waals surface area contributed by atoms with Crippen molar-refractivity contribution in [3.8, 4) is 5.75 Å². The minimum atomic E-state index is -0.130. The first kappa shape index (κ1) is 20.4. The molecule has 4 aromatic rings. The van der Waals surface area contributed by atoms with E-state index in [1.54, 1.807) is 11.6 Å². The van der Waals surface area contributed by atoms with Gasteiger partial charge in [0.1, 0.15) is 11.8 Å². The molecule has 2 aliphatic rings. The van der Waals surface area contributed by atoms with Crippen molar-refractivity contribution in [2.45, 2.75) is 37.8 Å². The Morgan fingerprint density at radius 3 is 2.55 bits per heavy atom. The normalized spacial score (nSPS) is 19.6. The van der Waals surface area contributed by atoms with E-state index in [4.69, 9.17) is 4.74 Å². The van der Waals surface area contributed by atoms with Crippen LogP contribution in [0.2, 0.25) is 0 Å². The lowest BCUT2D eigenvalue weighted by Gasteiger charge is -2.37. The molecule has 1 aliphatic carbocycles. The molecule has 1 saturated carbocycles. The molecular formula is C22H28N10O. The van der Waals surface area contributed by atoms with Crippen LogP contribution in [-0.4, -0.2) is 90.4 Å². The third kappa shape index (κ3) is 3.51. The highest BCUT2D eigenvalue weighted by molar-refractivity contribution is 5.84. The number of hydrogen-bond acceptors (Lipinski definition) is 9. The zero-order valence-electron chi connectivity index (χ0n) is 19.0. The Morgan fingerprint density at radius 1 is 0.970 bits per heavy atom. The van der Waals surface area contributed by atoms with Gasteiger partial charge in [0.15, 0.2) is 11.5 Å². The summed E-state index contributed by atoms with van der Waals surface area (Å²) in [5.41, 5.74) is 2.66. The Morgan fingerprint density at radius 2 is 1.76 bits per heavy atom. The highest BCUT2D eigenvalue weighted by Crippen LogP contribution is 2.37. The van der Waals surface area contributed by atoms with Crippen molar-refractivity contribution in [3.05, 3.63) is 35.7 Å². The predicted octanol–water partition coefficient (Wildman–Crippen LogP) is 1.72. The van der Waals surface area contributed by atoms with Gasteiger partial charge in [0.25, 0.3) is 0 Å². The molecule has 1 unspecified atom stereocenters. The number of pyridine rings is 1. The van der Waals surface area contributed by atoms with Crippen LogP contribution >= 0.6 is 0 Å². The monoisotopic (exact) mass is 448 g/mol. The molecule has 0 radical (unpaired) electrons. The molecule has 11 heteroatoms. The van der Waals surface area contributed by atoms with Crippen molar-refractivity contribution in [3.63, 3.8) is 0 Å². The molecule has 33 heavy (non-hydrogen) atoms. The average molecular weight is 449 g/mol. The maximum absolute atomic E-state index is 5.44. The molecule has 3 aromatic heterocycles. The van der Waals surface area contributed by atoms with E-state index in [2.05, 4.69) is 64.7 Å².